The van der Waals surface area contributed by atoms with Crippen LogP contribution in [0.25, 0.3) is 0 Å². The lowest BCUT2D eigenvalue weighted by Gasteiger charge is -2.09. The highest BCUT2D eigenvalue weighted by molar-refractivity contribution is 6.36. The molecule has 0 aliphatic rings. The molecule has 28 heavy (non-hydrogen) atoms. The zero-order chi connectivity index (χ0) is 20.5. The number of hydrogen-bond donors (Lipinski definition) is 3. The Morgan fingerprint density at radius 3 is 2.46 bits per heavy atom. The van der Waals surface area contributed by atoms with Crippen molar-refractivity contribution in [1.82, 2.24) is 25.7 Å². The van der Waals surface area contributed by atoms with E-state index in [1.165, 1.54) is 18.2 Å². The molecule has 3 amide bonds. The molecule has 8 nitrogen and oxygen atoms in total. The van der Waals surface area contributed by atoms with Gasteiger partial charge in [0.2, 0.25) is 11.8 Å². The first-order valence-corrected chi connectivity index (χ1v) is 9.36. The van der Waals surface area contributed by atoms with E-state index in [4.69, 9.17) is 23.2 Å². The topological polar surface area (TPSA) is 105 Å². The number of nitrogens with one attached hydrogen (secondary N) is 3. The number of hydrogen-bond acceptors (Lipinski definition) is 4. The molecule has 0 saturated carbocycles. The van der Waals surface area contributed by atoms with Gasteiger partial charge in [-0.1, -0.05) is 23.2 Å². The van der Waals surface area contributed by atoms with Gasteiger partial charge in [-0.2, -0.15) is 5.10 Å². The molecule has 0 unspecified atom stereocenters. The van der Waals surface area contributed by atoms with Crippen LogP contribution in [0.4, 0.5) is 0 Å². The Morgan fingerprint density at radius 2 is 1.79 bits per heavy atom. The van der Waals surface area contributed by atoms with Crippen molar-refractivity contribution in [3.8, 4) is 0 Å². The second-order valence-corrected chi connectivity index (χ2v) is 6.91. The van der Waals surface area contributed by atoms with Crippen molar-refractivity contribution in [2.45, 2.75) is 19.9 Å². The van der Waals surface area contributed by atoms with E-state index in [1.54, 1.807) is 10.9 Å². The fourth-order valence-electron chi connectivity index (χ4n) is 2.29. The molecule has 0 fully saturated rings. The highest BCUT2D eigenvalue weighted by atomic mass is 35.5. The normalized spacial score (nSPS) is 10.4. The summed E-state index contributed by atoms with van der Waals surface area (Å²) in [5.41, 5.74) is 1.29. The molecule has 0 aliphatic carbocycles. The summed E-state index contributed by atoms with van der Waals surface area (Å²) in [6.45, 7) is 2.68. The maximum Gasteiger partial charge on any atom is 0.253 e. The predicted octanol–water partition coefficient (Wildman–Crippen LogP) is 1.55. The van der Waals surface area contributed by atoms with Crippen molar-refractivity contribution < 1.29 is 14.4 Å². The SMILES string of the molecule is Cc1cnn(CCCNC(=O)CNC(=O)CNC(=O)c2ccc(Cl)cc2Cl)c1. The van der Waals surface area contributed by atoms with Gasteiger partial charge in [0.25, 0.3) is 5.91 Å². The number of aromatic nitrogens is 2. The third kappa shape index (κ3) is 7.21. The molecule has 0 saturated heterocycles. The van der Waals surface area contributed by atoms with E-state index in [9.17, 15) is 14.4 Å². The summed E-state index contributed by atoms with van der Waals surface area (Å²) in [5.74, 6) is -1.30. The first-order chi connectivity index (χ1) is 13.3. The van der Waals surface area contributed by atoms with E-state index in [-0.39, 0.29) is 29.6 Å². The molecule has 150 valence electrons. The maximum atomic E-state index is 12.0. The van der Waals surface area contributed by atoms with E-state index < -0.39 is 11.8 Å². The lowest BCUT2D eigenvalue weighted by Crippen LogP contribution is -2.42. The summed E-state index contributed by atoms with van der Waals surface area (Å²) in [6.07, 6.45) is 4.42. The van der Waals surface area contributed by atoms with Crippen LogP contribution in [0.2, 0.25) is 10.0 Å². The van der Waals surface area contributed by atoms with Crippen molar-refractivity contribution in [2.24, 2.45) is 0 Å². The fourth-order valence-corrected chi connectivity index (χ4v) is 2.79. The Kier molecular flexibility index (Phi) is 8.28. The van der Waals surface area contributed by atoms with Gasteiger partial charge in [-0.3, -0.25) is 19.1 Å². The minimum atomic E-state index is -0.505. The second-order valence-electron chi connectivity index (χ2n) is 6.07. The minimum Gasteiger partial charge on any atom is -0.355 e. The van der Waals surface area contributed by atoms with Crippen LogP contribution in [-0.2, 0) is 16.1 Å². The summed E-state index contributed by atoms with van der Waals surface area (Å²) in [4.78, 5) is 35.5. The van der Waals surface area contributed by atoms with E-state index in [0.717, 1.165) is 12.0 Å². The third-order valence-corrected chi connectivity index (χ3v) is 4.23. The van der Waals surface area contributed by atoms with Crippen molar-refractivity contribution in [1.29, 1.82) is 0 Å². The molecule has 0 spiro atoms. The number of nitrogens with zero attached hydrogens (tertiary/aromatic N) is 2. The largest absolute Gasteiger partial charge is 0.355 e. The number of amides is 3. The monoisotopic (exact) mass is 425 g/mol. The summed E-state index contributed by atoms with van der Waals surface area (Å²) in [6, 6.07) is 4.44. The second kappa shape index (κ2) is 10.7. The summed E-state index contributed by atoms with van der Waals surface area (Å²) in [5, 5.41) is 12.3. The van der Waals surface area contributed by atoms with Crippen molar-refractivity contribution in [2.75, 3.05) is 19.6 Å². The number of benzene rings is 1. The number of carbonyl (C=O) groups excluding carboxylic acids is 3. The van der Waals surface area contributed by atoms with Crippen LogP contribution in [0.5, 0.6) is 0 Å². The lowest BCUT2D eigenvalue weighted by atomic mass is 10.2. The lowest BCUT2D eigenvalue weighted by molar-refractivity contribution is -0.125. The zero-order valence-corrected chi connectivity index (χ0v) is 16.8. The third-order valence-electron chi connectivity index (χ3n) is 3.68. The molecular weight excluding hydrogens is 405 g/mol. The van der Waals surface area contributed by atoms with Crippen LogP contribution in [0, 0.1) is 6.92 Å². The van der Waals surface area contributed by atoms with Crippen LogP contribution in [0.3, 0.4) is 0 Å². The van der Waals surface area contributed by atoms with Crippen molar-refractivity contribution >= 4 is 40.9 Å². The average molecular weight is 426 g/mol. The van der Waals surface area contributed by atoms with Crippen LogP contribution in [0.1, 0.15) is 22.3 Å². The van der Waals surface area contributed by atoms with Gasteiger partial charge in [0.05, 0.1) is 29.9 Å². The molecule has 0 radical (unpaired) electrons. The number of rotatable bonds is 9. The van der Waals surface area contributed by atoms with E-state index in [1.807, 2.05) is 13.1 Å². The Bertz CT molecular complexity index is 853. The summed E-state index contributed by atoms with van der Waals surface area (Å²) < 4.78 is 1.80. The Hall–Kier alpha value is -2.58. The highest BCUT2D eigenvalue weighted by Crippen LogP contribution is 2.20. The van der Waals surface area contributed by atoms with E-state index >= 15 is 0 Å². The van der Waals surface area contributed by atoms with Crippen LogP contribution < -0.4 is 16.0 Å². The zero-order valence-electron chi connectivity index (χ0n) is 15.3. The number of carbonyl (C=O) groups is 3. The van der Waals surface area contributed by atoms with Crippen LogP contribution >= 0.6 is 23.2 Å². The molecular formula is C18H21Cl2N5O3. The Labute approximate surface area is 172 Å². The molecule has 2 rings (SSSR count). The first-order valence-electron chi connectivity index (χ1n) is 8.61. The molecule has 1 aromatic carbocycles. The molecule has 3 N–H and O–H groups in total. The van der Waals surface area contributed by atoms with Crippen molar-refractivity contribution in [3.63, 3.8) is 0 Å². The quantitative estimate of drug-likeness (QED) is 0.529. The van der Waals surface area contributed by atoms with Gasteiger partial charge in [-0.05, 0) is 37.1 Å². The molecule has 2 aromatic rings. The average Bonchev–Trinajstić information content (AvgIpc) is 3.06. The smallest absolute Gasteiger partial charge is 0.253 e. The highest BCUT2D eigenvalue weighted by Gasteiger charge is 2.12. The predicted molar refractivity (Wildman–Crippen MR) is 106 cm³/mol. The number of aryl methyl sites for hydroxylation is 2. The summed E-state index contributed by atoms with van der Waals surface area (Å²) in [7, 11) is 0. The van der Waals surface area contributed by atoms with Gasteiger partial charge >= 0.3 is 0 Å². The van der Waals surface area contributed by atoms with Gasteiger partial charge in [0, 0.05) is 24.3 Å². The first kappa shape index (κ1) is 21.7. The minimum absolute atomic E-state index is 0.169. The van der Waals surface area contributed by atoms with Crippen molar-refractivity contribution in [3.05, 3.63) is 51.8 Å². The van der Waals surface area contributed by atoms with E-state index in [2.05, 4.69) is 21.0 Å². The fraction of sp³-hybridized carbons (Fsp3) is 0.333. The number of halogens is 2. The van der Waals surface area contributed by atoms with Crippen LogP contribution in [-0.4, -0.2) is 47.1 Å². The molecule has 0 atom stereocenters. The standard InChI is InChI=1S/C18H21Cl2N5O3/c1-12-8-24-25(11-12)6-2-5-21-16(26)9-22-17(27)10-23-18(28)14-4-3-13(19)7-15(14)20/h3-4,7-8,11H,2,5-6,9-10H2,1H3,(H,21,26)(H,22,27)(H,23,28). The van der Waals surface area contributed by atoms with Gasteiger partial charge in [-0.25, -0.2) is 0 Å². The summed E-state index contributed by atoms with van der Waals surface area (Å²) >= 11 is 11.7. The van der Waals surface area contributed by atoms with Gasteiger partial charge in [0.1, 0.15) is 0 Å². The van der Waals surface area contributed by atoms with Crippen LogP contribution in [0.15, 0.2) is 30.6 Å². The molecule has 10 heteroatoms. The maximum absolute atomic E-state index is 12.0. The Morgan fingerprint density at radius 1 is 1.07 bits per heavy atom. The molecule has 1 heterocycles. The van der Waals surface area contributed by atoms with E-state index in [0.29, 0.717) is 18.1 Å². The molecule has 0 aliphatic heterocycles. The molecule has 1 aromatic heterocycles. The van der Waals surface area contributed by atoms with Gasteiger partial charge in [0.15, 0.2) is 0 Å². The van der Waals surface area contributed by atoms with Gasteiger partial charge in [-0.15, -0.1) is 0 Å². The van der Waals surface area contributed by atoms with Gasteiger partial charge < -0.3 is 16.0 Å². The Balaban J connectivity index is 1.60. The molecule has 0 bridgehead atoms.